The van der Waals surface area contributed by atoms with Crippen LogP contribution in [0.1, 0.15) is 64.3 Å². The zero-order valence-corrected chi connectivity index (χ0v) is 30.9. The molecular weight excluding hydrogens is 705 g/mol. The Morgan fingerprint density at radius 2 is 0.804 bits per heavy atom. The zero-order valence-electron chi connectivity index (χ0n) is 30.9. The first-order valence-corrected chi connectivity index (χ1v) is 17.8. The van der Waals surface area contributed by atoms with Crippen molar-refractivity contribution in [3.63, 3.8) is 0 Å². The lowest BCUT2D eigenvalue weighted by atomic mass is 10.1. The van der Waals surface area contributed by atoms with Gasteiger partial charge in [-0.15, -0.1) is 0 Å². The second-order valence-electron chi connectivity index (χ2n) is 14.0. The monoisotopic (exact) mass is 738 g/mol. The van der Waals surface area contributed by atoms with Crippen LogP contribution in [0.15, 0.2) is 73.3 Å². The number of carbonyl (C=O) groups is 4. The Morgan fingerprint density at radius 1 is 0.446 bits per heavy atom. The van der Waals surface area contributed by atoms with Crippen LogP contribution in [0.3, 0.4) is 0 Å². The summed E-state index contributed by atoms with van der Waals surface area (Å²) in [4.78, 5) is 65.9. The summed E-state index contributed by atoms with van der Waals surface area (Å²) in [6, 6.07) is 15.3. The van der Waals surface area contributed by atoms with E-state index < -0.39 is 0 Å². The molecule has 0 atom stereocenters. The molecule has 7 aromatic rings. The van der Waals surface area contributed by atoms with E-state index >= 15 is 0 Å². The number of hydrogen-bond acceptors (Lipinski definition) is 6. The van der Waals surface area contributed by atoms with Crippen molar-refractivity contribution in [3.05, 3.63) is 118 Å². The summed E-state index contributed by atoms with van der Waals surface area (Å²) < 4.78 is 7.49. The Labute approximate surface area is 319 Å². The number of aldehydes is 4. The average molecular weight is 739 g/mol. The number of aromatic amines is 2. The molecule has 0 aliphatic carbocycles. The molecule has 274 valence electrons. The number of aromatic nitrogens is 8. The molecule has 9 heterocycles. The number of fused-ring (bicyclic) bond motifs is 8. The number of H-pyrrole nitrogens is 2. The first kappa shape index (κ1) is 34.2. The molecule has 56 heavy (non-hydrogen) atoms. The van der Waals surface area contributed by atoms with Gasteiger partial charge in [0.1, 0.15) is 0 Å². The average Bonchev–Trinajstić information content (AvgIpc) is 4.04. The predicted octanol–water partition coefficient (Wildman–Crippen LogP) is 7.93. The third kappa shape index (κ3) is 5.46. The summed E-state index contributed by atoms with van der Waals surface area (Å²) in [6.45, 7) is 0. The van der Waals surface area contributed by atoms with Crippen LogP contribution in [0.5, 0.6) is 0 Å². The number of nitrogens with one attached hydrogen (secondary N) is 2. The van der Waals surface area contributed by atoms with Crippen LogP contribution in [-0.4, -0.2) is 63.3 Å². The Balaban J connectivity index is 1.50. The third-order valence-corrected chi connectivity index (χ3v) is 10.5. The summed E-state index contributed by atoms with van der Waals surface area (Å²) in [5, 5.41) is 0. The molecule has 0 spiro atoms. The molecule has 0 unspecified atom stereocenters. The molecule has 2 aliphatic heterocycles. The van der Waals surface area contributed by atoms with Gasteiger partial charge in [0.2, 0.25) is 0 Å². The van der Waals surface area contributed by atoms with E-state index in [-0.39, 0.29) is 0 Å². The fourth-order valence-electron chi connectivity index (χ4n) is 7.86. The topological polar surface area (TPSA) is 145 Å². The second-order valence-corrected chi connectivity index (χ2v) is 14.0. The summed E-state index contributed by atoms with van der Waals surface area (Å²) in [5.41, 5.74) is 13.8. The second kappa shape index (κ2) is 13.1. The van der Waals surface area contributed by atoms with Gasteiger partial charge < -0.3 is 28.2 Å². The fourth-order valence-corrected chi connectivity index (χ4v) is 7.86. The van der Waals surface area contributed by atoms with Gasteiger partial charge in [-0.1, -0.05) is 0 Å². The van der Waals surface area contributed by atoms with E-state index in [1.165, 1.54) is 0 Å². The highest BCUT2D eigenvalue weighted by Gasteiger charge is 2.22. The van der Waals surface area contributed by atoms with E-state index in [9.17, 15) is 19.2 Å². The first-order valence-electron chi connectivity index (χ1n) is 17.8. The minimum atomic E-state index is 0.506. The van der Waals surface area contributed by atoms with Crippen molar-refractivity contribution in [1.82, 2.24) is 38.2 Å². The maximum atomic E-state index is 12.1. The van der Waals surface area contributed by atoms with Crippen molar-refractivity contribution in [1.29, 1.82) is 0 Å². The molecule has 2 N–H and O–H groups in total. The van der Waals surface area contributed by atoms with Crippen molar-refractivity contribution in [3.8, 4) is 44.9 Å². The van der Waals surface area contributed by atoms with Crippen molar-refractivity contribution in [2.75, 3.05) is 0 Å². The Hall–Kier alpha value is -7.60. The van der Waals surface area contributed by atoms with E-state index in [2.05, 4.69) is 9.97 Å². The van der Waals surface area contributed by atoms with Gasteiger partial charge in [0.15, 0.2) is 25.1 Å². The van der Waals surface area contributed by atoms with Crippen LogP contribution in [-0.2, 0) is 28.2 Å². The molecule has 0 radical (unpaired) electrons. The highest BCUT2D eigenvalue weighted by atomic mass is 16.1. The number of aryl methyl sites for hydroxylation is 4. The van der Waals surface area contributed by atoms with Crippen molar-refractivity contribution in [2.24, 2.45) is 28.2 Å². The SMILES string of the molecule is Cn1cc(-c2c3nc(c(-c4cc(C=O)cn4C)c4ccc([nH]4)c(-c4cc(C=O)cn4C)c4nc(c(-c5cc(C=O)cn5C)c5ccc2[nH]5)C=C4)C=C3)cc1C=O. The van der Waals surface area contributed by atoms with E-state index in [1.807, 2.05) is 121 Å². The Bertz CT molecular complexity index is 3010. The van der Waals surface area contributed by atoms with Gasteiger partial charge in [0.05, 0.1) is 62.1 Å². The van der Waals surface area contributed by atoms with Crippen LogP contribution < -0.4 is 0 Å². The number of carbonyl (C=O) groups excluding carboxylic acids is 4. The molecule has 8 bridgehead atoms. The minimum absolute atomic E-state index is 0.506. The van der Waals surface area contributed by atoms with Gasteiger partial charge in [-0.05, 0) is 72.8 Å². The summed E-state index contributed by atoms with van der Waals surface area (Å²) in [6.07, 6.45) is 18.3. The lowest BCUT2D eigenvalue weighted by Crippen LogP contribution is -1.95. The van der Waals surface area contributed by atoms with Crippen LogP contribution in [0.2, 0.25) is 0 Å². The molecule has 0 fully saturated rings. The molecule has 0 saturated heterocycles. The lowest BCUT2D eigenvalue weighted by Gasteiger charge is -2.08. The number of nitrogens with zero attached hydrogens (tertiary/aromatic N) is 6. The maximum absolute atomic E-state index is 12.1. The standard InChI is InChI=1S/C44H34N8O4/c1-49-20-28(16-29(49)24-56)41-30-5-7-32(45-30)42(38-13-25(21-53)17-50(38)2)34-9-11-36(47-34)44(40-15-27(23-55)19-52(40)4)37-12-10-35(48-37)43(33-8-6-31(41)46-33)39-14-26(22-54)18-51(39)3/h5-24,45,48H,1-4H3. The first-order chi connectivity index (χ1) is 27.2. The van der Waals surface area contributed by atoms with Gasteiger partial charge >= 0.3 is 0 Å². The Kier molecular flexibility index (Phi) is 7.97. The van der Waals surface area contributed by atoms with Crippen molar-refractivity contribution >= 4 is 71.5 Å². The largest absolute Gasteiger partial charge is 0.354 e. The van der Waals surface area contributed by atoms with Gasteiger partial charge in [-0.3, -0.25) is 19.2 Å². The smallest absolute Gasteiger partial charge is 0.166 e. The van der Waals surface area contributed by atoms with E-state index in [0.29, 0.717) is 45.2 Å². The molecule has 0 aromatic carbocycles. The van der Waals surface area contributed by atoms with Crippen LogP contribution >= 0.6 is 0 Å². The van der Waals surface area contributed by atoms with E-state index in [4.69, 9.17) is 9.97 Å². The van der Waals surface area contributed by atoms with Crippen LogP contribution in [0.25, 0.3) is 91.3 Å². The zero-order chi connectivity index (χ0) is 38.8. The van der Waals surface area contributed by atoms with Crippen LogP contribution in [0, 0.1) is 0 Å². The minimum Gasteiger partial charge on any atom is -0.354 e. The molecule has 12 nitrogen and oxygen atoms in total. The van der Waals surface area contributed by atoms with Gasteiger partial charge in [0.25, 0.3) is 0 Å². The highest BCUT2D eigenvalue weighted by Crippen LogP contribution is 2.39. The Morgan fingerprint density at radius 3 is 1.12 bits per heavy atom. The molecule has 7 aromatic heterocycles. The molecule has 2 aliphatic rings. The van der Waals surface area contributed by atoms with E-state index in [1.54, 1.807) is 23.2 Å². The molecule has 0 amide bonds. The van der Waals surface area contributed by atoms with Crippen LogP contribution in [0.4, 0.5) is 0 Å². The van der Waals surface area contributed by atoms with Gasteiger partial charge in [0, 0.05) is 103 Å². The quantitative estimate of drug-likeness (QED) is 0.152. The molecule has 9 rings (SSSR count). The molecular formula is C44H34N8O4. The predicted molar refractivity (Wildman–Crippen MR) is 218 cm³/mol. The normalized spacial score (nSPS) is 12.1. The fraction of sp³-hybridized carbons (Fsp3) is 0.0909. The maximum Gasteiger partial charge on any atom is 0.166 e. The van der Waals surface area contributed by atoms with Gasteiger partial charge in [-0.25, -0.2) is 9.97 Å². The third-order valence-electron chi connectivity index (χ3n) is 10.5. The van der Waals surface area contributed by atoms with Crippen molar-refractivity contribution < 1.29 is 19.2 Å². The molecule has 12 heteroatoms. The molecule has 0 saturated carbocycles. The van der Waals surface area contributed by atoms with Crippen molar-refractivity contribution in [2.45, 2.75) is 0 Å². The summed E-state index contributed by atoms with van der Waals surface area (Å²) in [5.74, 6) is 0. The summed E-state index contributed by atoms with van der Waals surface area (Å²) >= 11 is 0. The lowest BCUT2D eigenvalue weighted by molar-refractivity contribution is 0.111. The number of hydrogen-bond donors (Lipinski definition) is 2. The van der Waals surface area contributed by atoms with E-state index in [0.717, 1.165) is 92.1 Å². The highest BCUT2D eigenvalue weighted by molar-refractivity contribution is 6.00. The number of rotatable bonds is 8. The van der Waals surface area contributed by atoms with Gasteiger partial charge in [-0.2, -0.15) is 0 Å². The summed E-state index contributed by atoms with van der Waals surface area (Å²) in [7, 11) is 7.50.